The number of fused-ring (bicyclic) bond motifs is 1. The molecule has 0 bridgehead atoms. The summed E-state index contributed by atoms with van der Waals surface area (Å²) in [4.78, 5) is 9.09. The quantitative estimate of drug-likeness (QED) is 0.375. The fraction of sp³-hybridized carbons (Fsp3) is 0.190. The number of hydrogen-bond acceptors (Lipinski definition) is 4. The third kappa shape index (κ3) is 4.72. The van der Waals surface area contributed by atoms with Gasteiger partial charge in [-0.3, -0.25) is 4.55 Å². The Hall–Kier alpha value is -2.52. The van der Waals surface area contributed by atoms with E-state index in [2.05, 4.69) is 21.3 Å². The first-order valence-electron chi connectivity index (χ1n) is 9.66. The van der Waals surface area contributed by atoms with Gasteiger partial charge in [-0.25, -0.2) is 18.7 Å². The molecule has 0 spiro atoms. The number of unbranched alkanes of at least 4 members (excludes halogenated alkanes) is 1. The Morgan fingerprint density at radius 2 is 1.90 bits per heavy atom. The number of aromatic nitrogens is 4. The van der Waals surface area contributed by atoms with Crippen molar-refractivity contribution in [1.29, 1.82) is 0 Å². The molecule has 0 aliphatic carbocycles. The zero-order valence-electron chi connectivity index (χ0n) is 16.7. The van der Waals surface area contributed by atoms with Gasteiger partial charge >= 0.3 is 0 Å². The maximum absolute atomic E-state index is 13.2. The zero-order chi connectivity index (χ0) is 22.0. The minimum Gasteiger partial charge on any atom is -0.296 e. The molecule has 0 radical (unpaired) electrons. The van der Waals surface area contributed by atoms with Crippen molar-refractivity contribution in [1.82, 2.24) is 14.5 Å². The maximum atomic E-state index is 13.2. The van der Waals surface area contributed by atoms with Crippen LogP contribution in [0, 0.1) is 0 Å². The van der Waals surface area contributed by atoms with Gasteiger partial charge < -0.3 is 0 Å². The van der Waals surface area contributed by atoms with Crippen molar-refractivity contribution in [3.05, 3.63) is 71.2 Å². The van der Waals surface area contributed by atoms with Gasteiger partial charge in [-0.1, -0.05) is 48.7 Å². The second kappa shape index (κ2) is 8.92. The summed E-state index contributed by atoms with van der Waals surface area (Å²) in [6.45, 7) is 2.98. The van der Waals surface area contributed by atoms with Crippen LogP contribution in [0.4, 0.5) is 5.82 Å². The highest BCUT2D eigenvalue weighted by atomic mass is 35.5. The molecule has 0 aliphatic rings. The molecule has 31 heavy (non-hydrogen) atoms. The fourth-order valence-corrected chi connectivity index (χ4v) is 4.77. The Morgan fingerprint density at radius 1 is 1.16 bits per heavy atom. The van der Waals surface area contributed by atoms with Gasteiger partial charge in [0.1, 0.15) is 12.4 Å². The monoisotopic (exact) mass is 476 g/mol. The lowest BCUT2D eigenvalue weighted by Crippen LogP contribution is -2.30. The number of hydrogen-bond donors (Lipinski definition) is 1. The van der Waals surface area contributed by atoms with E-state index in [1.807, 2.05) is 41.5 Å². The molecule has 1 atom stereocenters. The smallest absolute Gasteiger partial charge is 0.272 e. The Kier molecular flexibility index (Phi) is 6.24. The summed E-state index contributed by atoms with van der Waals surface area (Å²) < 4.78 is 31.8. The zero-order valence-corrected chi connectivity index (χ0v) is 19.0. The average Bonchev–Trinajstić information content (AvgIpc) is 3.22. The minimum absolute atomic E-state index is 0.0282. The van der Waals surface area contributed by atoms with Crippen molar-refractivity contribution < 1.29 is 13.3 Å². The van der Waals surface area contributed by atoms with Gasteiger partial charge in [0.2, 0.25) is 12.1 Å². The second-order valence-electron chi connectivity index (χ2n) is 6.93. The van der Waals surface area contributed by atoms with E-state index in [9.17, 15) is 8.76 Å². The summed E-state index contributed by atoms with van der Waals surface area (Å²) in [5.41, 5.74) is 1.21. The number of imidazole rings is 1. The molecule has 0 saturated heterocycles. The van der Waals surface area contributed by atoms with Gasteiger partial charge in [-0.05, 0) is 36.8 Å². The van der Waals surface area contributed by atoms with Crippen LogP contribution in [0.1, 0.15) is 19.8 Å². The SMILES string of the molecule is CCCC[n+]1ccn(-c2nc3ccccc3nc2N=S(=O)(O)c2cc(Cl)ccc2Cl)c1. The van der Waals surface area contributed by atoms with E-state index < -0.39 is 10.0 Å². The molecular formula is C21H20Cl2N5O2S+. The maximum Gasteiger partial charge on any atom is 0.272 e. The molecule has 10 heteroatoms. The highest BCUT2D eigenvalue weighted by Crippen LogP contribution is 2.30. The molecule has 0 fully saturated rings. The first-order valence-corrected chi connectivity index (χ1v) is 11.9. The van der Waals surface area contributed by atoms with Gasteiger partial charge in [-0.2, -0.15) is 4.57 Å². The number of para-hydroxylation sites is 2. The Bertz CT molecular complexity index is 1380. The van der Waals surface area contributed by atoms with Gasteiger partial charge in [0.15, 0.2) is 10.0 Å². The summed E-state index contributed by atoms with van der Waals surface area (Å²) in [5.74, 6) is 0.370. The van der Waals surface area contributed by atoms with Crippen LogP contribution in [0.2, 0.25) is 10.0 Å². The van der Waals surface area contributed by atoms with Crippen molar-refractivity contribution in [2.24, 2.45) is 4.36 Å². The van der Waals surface area contributed by atoms with E-state index in [1.54, 1.807) is 16.7 Å². The standard InChI is InChI=1S/C21H19Cl2N5O2S/c1-2-3-10-27-11-12-28(14-27)21-20(24-17-6-4-5-7-18(17)25-21)26-31(29,30)19-13-15(22)8-9-16(19)23/h4-9,11-14H,2-3,10H2,1H3/p+1. The van der Waals surface area contributed by atoms with Gasteiger partial charge in [0, 0.05) is 5.02 Å². The third-order valence-corrected chi connectivity index (χ3v) is 6.64. The van der Waals surface area contributed by atoms with Crippen molar-refractivity contribution >= 4 is 50.1 Å². The Morgan fingerprint density at radius 3 is 2.65 bits per heavy atom. The normalized spacial score (nSPS) is 13.3. The summed E-state index contributed by atoms with van der Waals surface area (Å²) in [5, 5.41) is 0.373. The van der Waals surface area contributed by atoms with Crippen LogP contribution < -0.4 is 4.57 Å². The highest BCUT2D eigenvalue weighted by Gasteiger charge is 2.21. The number of halogens is 2. The van der Waals surface area contributed by atoms with Crippen molar-refractivity contribution in [3.8, 4) is 5.82 Å². The summed E-state index contributed by atoms with van der Waals surface area (Å²) in [6.07, 6.45) is 7.70. The molecule has 1 unspecified atom stereocenters. The van der Waals surface area contributed by atoms with Crippen molar-refractivity contribution in [3.63, 3.8) is 0 Å². The average molecular weight is 477 g/mol. The van der Waals surface area contributed by atoms with E-state index in [0.717, 1.165) is 19.4 Å². The fourth-order valence-electron chi connectivity index (χ4n) is 3.06. The van der Waals surface area contributed by atoms with Crippen LogP contribution in [-0.2, 0) is 16.6 Å². The molecule has 0 saturated carbocycles. The van der Waals surface area contributed by atoms with E-state index >= 15 is 0 Å². The van der Waals surface area contributed by atoms with Crippen LogP contribution in [-0.4, -0.2) is 23.3 Å². The summed E-state index contributed by atoms with van der Waals surface area (Å²) in [6, 6.07) is 11.6. The molecule has 0 amide bonds. The van der Waals surface area contributed by atoms with Crippen LogP contribution in [0.15, 0.2) is 70.4 Å². The molecule has 160 valence electrons. The molecule has 7 nitrogen and oxygen atoms in total. The molecule has 4 rings (SSSR count). The van der Waals surface area contributed by atoms with Crippen LogP contribution >= 0.6 is 23.2 Å². The van der Waals surface area contributed by atoms with E-state index in [0.29, 0.717) is 16.9 Å². The first-order chi connectivity index (χ1) is 14.9. The summed E-state index contributed by atoms with van der Waals surface area (Å²) >= 11 is 12.2. The second-order valence-corrected chi connectivity index (χ2v) is 9.39. The number of aryl methyl sites for hydroxylation is 1. The van der Waals surface area contributed by atoms with E-state index in [1.165, 1.54) is 12.1 Å². The highest BCUT2D eigenvalue weighted by molar-refractivity contribution is 7.88. The summed E-state index contributed by atoms with van der Waals surface area (Å²) in [7, 11) is -3.94. The predicted molar refractivity (Wildman–Crippen MR) is 122 cm³/mol. The lowest BCUT2D eigenvalue weighted by atomic mass is 10.3. The lowest BCUT2D eigenvalue weighted by molar-refractivity contribution is -0.696. The lowest BCUT2D eigenvalue weighted by Gasteiger charge is -2.07. The molecule has 2 aromatic carbocycles. The largest absolute Gasteiger partial charge is 0.296 e. The third-order valence-electron chi connectivity index (χ3n) is 4.63. The van der Waals surface area contributed by atoms with Crippen molar-refractivity contribution in [2.75, 3.05) is 0 Å². The van der Waals surface area contributed by atoms with E-state index in [4.69, 9.17) is 23.2 Å². The van der Waals surface area contributed by atoms with Gasteiger partial charge in [0.05, 0.1) is 27.5 Å². The molecule has 2 heterocycles. The Balaban J connectivity index is 1.91. The molecule has 0 aliphatic heterocycles. The number of benzene rings is 2. The van der Waals surface area contributed by atoms with E-state index in [-0.39, 0.29) is 20.8 Å². The predicted octanol–water partition coefficient (Wildman–Crippen LogP) is 5.45. The first kappa shape index (κ1) is 21.7. The van der Waals surface area contributed by atoms with Gasteiger partial charge in [-0.15, -0.1) is 4.36 Å². The molecule has 4 aromatic rings. The number of rotatable bonds is 6. The molecule has 2 aromatic heterocycles. The van der Waals surface area contributed by atoms with Crippen LogP contribution in [0.25, 0.3) is 16.9 Å². The van der Waals surface area contributed by atoms with Gasteiger partial charge in [0.25, 0.3) is 5.82 Å². The molecule has 1 N–H and O–H groups in total. The Labute approximate surface area is 190 Å². The molecular weight excluding hydrogens is 457 g/mol. The minimum atomic E-state index is -3.94. The topological polar surface area (TPSA) is 84.3 Å². The van der Waals surface area contributed by atoms with Crippen LogP contribution in [0.5, 0.6) is 0 Å². The van der Waals surface area contributed by atoms with Crippen molar-refractivity contribution in [2.45, 2.75) is 31.2 Å². The number of nitrogens with zero attached hydrogens (tertiary/aromatic N) is 5. The van der Waals surface area contributed by atoms with Crippen LogP contribution in [0.3, 0.4) is 0 Å².